The molecular formula is C8H16N3+. The van der Waals surface area contributed by atoms with Crippen LogP contribution in [0.1, 0.15) is 26.2 Å². The van der Waals surface area contributed by atoms with Crippen molar-refractivity contribution in [2.45, 2.75) is 32.7 Å². The number of rotatable bonds is 4. The molecule has 0 N–H and O–H groups in total. The van der Waals surface area contributed by atoms with Gasteiger partial charge in [0.2, 0.25) is 6.33 Å². The fourth-order valence-corrected chi connectivity index (χ4v) is 1.06. The predicted molar refractivity (Wildman–Crippen MR) is 42.9 cm³/mol. The highest BCUT2D eigenvalue weighted by atomic mass is 15.3. The average molecular weight is 154 g/mol. The van der Waals surface area contributed by atoms with Crippen molar-refractivity contribution in [2.75, 3.05) is 0 Å². The Kier molecular flexibility index (Phi) is 3.08. The summed E-state index contributed by atoms with van der Waals surface area (Å²) in [4.78, 5) is 0. The van der Waals surface area contributed by atoms with Gasteiger partial charge in [-0.25, -0.2) is 4.57 Å². The Morgan fingerprint density at radius 3 is 2.82 bits per heavy atom. The van der Waals surface area contributed by atoms with Crippen LogP contribution in [0.25, 0.3) is 0 Å². The second-order valence-electron chi connectivity index (χ2n) is 2.88. The average Bonchev–Trinajstić information content (AvgIpc) is 2.37. The summed E-state index contributed by atoms with van der Waals surface area (Å²) in [5, 5.41) is 4.17. The Labute approximate surface area is 67.7 Å². The van der Waals surface area contributed by atoms with Crippen LogP contribution in [-0.4, -0.2) is 9.78 Å². The predicted octanol–water partition coefficient (Wildman–Crippen LogP) is 0.898. The number of nitrogens with zero attached hydrogens (tertiary/aromatic N) is 3. The van der Waals surface area contributed by atoms with Crippen molar-refractivity contribution in [1.82, 2.24) is 9.78 Å². The summed E-state index contributed by atoms with van der Waals surface area (Å²) in [7, 11) is 1.99. The zero-order valence-electron chi connectivity index (χ0n) is 7.32. The normalized spacial score (nSPS) is 10.4. The first-order valence-corrected chi connectivity index (χ1v) is 4.20. The Bertz CT molecular complexity index is 205. The molecule has 1 rings (SSSR count). The van der Waals surface area contributed by atoms with E-state index >= 15 is 0 Å². The number of hydrogen-bond acceptors (Lipinski definition) is 1. The van der Waals surface area contributed by atoms with Crippen molar-refractivity contribution < 1.29 is 4.57 Å². The van der Waals surface area contributed by atoms with E-state index in [1.165, 1.54) is 19.3 Å². The summed E-state index contributed by atoms with van der Waals surface area (Å²) in [6.45, 7) is 3.26. The van der Waals surface area contributed by atoms with Crippen LogP contribution < -0.4 is 4.57 Å². The van der Waals surface area contributed by atoms with Gasteiger partial charge in [0.25, 0.3) is 6.33 Å². The third-order valence-electron chi connectivity index (χ3n) is 1.69. The van der Waals surface area contributed by atoms with Crippen LogP contribution >= 0.6 is 0 Å². The molecule has 0 aromatic carbocycles. The minimum atomic E-state index is 1.05. The van der Waals surface area contributed by atoms with E-state index in [0.717, 1.165) is 6.54 Å². The van der Waals surface area contributed by atoms with E-state index in [1.54, 1.807) is 0 Å². The smallest absolute Gasteiger partial charge is 0.240 e. The Morgan fingerprint density at radius 1 is 1.45 bits per heavy atom. The van der Waals surface area contributed by atoms with Crippen LogP contribution in [-0.2, 0) is 13.6 Å². The summed E-state index contributed by atoms with van der Waals surface area (Å²) >= 11 is 0. The third kappa shape index (κ3) is 2.70. The van der Waals surface area contributed by atoms with Gasteiger partial charge in [0.1, 0.15) is 6.54 Å². The summed E-state index contributed by atoms with van der Waals surface area (Å²) in [5.74, 6) is 0. The van der Waals surface area contributed by atoms with Gasteiger partial charge < -0.3 is 0 Å². The van der Waals surface area contributed by atoms with E-state index in [4.69, 9.17) is 0 Å². The molecule has 62 valence electrons. The Morgan fingerprint density at radius 2 is 2.27 bits per heavy atom. The molecule has 0 unspecified atom stereocenters. The minimum Gasteiger partial charge on any atom is -0.240 e. The highest BCUT2D eigenvalue weighted by Gasteiger charge is 1.99. The highest BCUT2D eigenvalue weighted by molar-refractivity contribution is 4.46. The van der Waals surface area contributed by atoms with Crippen molar-refractivity contribution in [1.29, 1.82) is 0 Å². The number of hydrogen-bond donors (Lipinski definition) is 0. The van der Waals surface area contributed by atoms with Gasteiger partial charge in [-0.2, -0.15) is 0 Å². The third-order valence-corrected chi connectivity index (χ3v) is 1.69. The molecule has 1 aromatic rings. The van der Waals surface area contributed by atoms with Crippen LogP contribution in [0.4, 0.5) is 0 Å². The lowest BCUT2D eigenvalue weighted by molar-refractivity contribution is -0.672. The topological polar surface area (TPSA) is 21.7 Å². The Hall–Kier alpha value is -0.860. The Balaban J connectivity index is 2.27. The molecule has 1 aromatic heterocycles. The molecule has 0 saturated carbocycles. The maximum atomic E-state index is 4.17. The molecule has 0 spiro atoms. The maximum Gasteiger partial charge on any atom is 0.264 e. The molecule has 0 saturated heterocycles. The van der Waals surface area contributed by atoms with Crippen LogP contribution in [0.5, 0.6) is 0 Å². The molecule has 0 aliphatic carbocycles. The lowest BCUT2D eigenvalue weighted by Crippen LogP contribution is -2.23. The SMILES string of the molecule is CCCCCn1c[n+](C)cn1. The van der Waals surface area contributed by atoms with Crippen LogP contribution in [0.15, 0.2) is 12.7 Å². The zero-order chi connectivity index (χ0) is 8.10. The minimum absolute atomic E-state index is 1.05. The van der Waals surface area contributed by atoms with Gasteiger partial charge in [0, 0.05) is 5.10 Å². The summed E-state index contributed by atoms with van der Waals surface area (Å²) in [6, 6.07) is 0. The molecule has 0 amide bonds. The lowest BCUT2D eigenvalue weighted by atomic mass is 10.2. The van der Waals surface area contributed by atoms with E-state index < -0.39 is 0 Å². The molecule has 3 heteroatoms. The first-order chi connectivity index (χ1) is 5.33. The van der Waals surface area contributed by atoms with Gasteiger partial charge in [0.15, 0.2) is 0 Å². The molecule has 1 heterocycles. The molecular weight excluding hydrogens is 138 g/mol. The molecule has 0 aliphatic heterocycles. The van der Waals surface area contributed by atoms with Gasteiger partial charge in [-0.05, 0) is 6.42 Å². The molecule has 3 nitrogen and oxygen atoms in total. The van der Waals surface area contributed by atoms with Crippen LogP contribution in [0.2, 0.25) is 0 Å². The highest BCUT2D eigenvalue weighted by Crippen LogP contribution is 1.95. The first-order valence-electron chi connectivity index (χ1n) is 4.20. The largest absolute Gasteiger partial charge is 0.264 e. The van der Waals surface area contributed by atoms with Gasteiger partial charge in [-0.1, -0.05) is 19.8 Å². The summed E-state index contributed by atoms with van der Waals surface area (Å²) < 4.78 is 3.95. The van der Waals surface area contributed by atoms with Crippen LogP contribution in [0, 0.1) is 0 Å². The van der Waals surface area contributed by atoms with Crippen molar-refractivity contribution in [3.8, 4) is 0 Å². The molecule has 0 atom stereocenters. The first kappa shape index (κ1) is 8.24. The van der Waals surface area contributed by atoms with E-state index in [-0.39, 0.29) is 0 Å². The van der Waals surface area contributed by atoms with Gasteiger partial charge in [-0.15, -0.1) is 4.68 Å². The summed E-state index contributed by atoms with van der Waals surface area (Å²) in [6.07, 6.45) is 7.64. The second kappa shape index (κ2) is 4.11. The van der Waals surface area contributed by atoms with Gasteiger partial charge >= 0.3 is 0 Å². The van der Waals surface area contributed by atoms with Crippen molar-refractivity contribution in [2.24, 2.45) is 7.05 Å². The van der Waals surface area contributed by atoms with Crippen molar-refractivity contribution >= 4 is 0 Å². The van der Waals surface area contributed by atoms with E-state index in [9.17, 15) is 0 Å². The van der Waals surface area contributed by atoms with Gasteiger partial charge in [0.05, 0.1) is 7.05 Å². The summed E-state index contributed by atoms with van der Waals surface area (Å²) in [5.41, 5.74) is 0. The maximum absolute atomic E-state index is 4.17. The molecule has 0 bridgehead atoms. The molecule has 0 radical (unpaired) electrons. The quantitative estimate of drug-likeness (QED) is 0.466. The van der Waals surface area contributed by atoms with Gasteiger partial charge in [-0.3, -0.25) is 0 Å². The standard InChI is InChI=1S/C8H16N3/c1-3-4-5-6-11-8-10(2)7-9-11/h7-8H,3-6H2,1-2H3/q+1. The molecule has 11 heavy (non-hydrogen) atoms. The number of unbranched alkanes of at least 4 members (excludes halogenated alkanes) is 2. The van der Waals surface area contributed by atoms with E-state index in [0.29, 0.717) is 0 Å². The number of aryl methyl sites for hydroxylation is 2. The van der Waals surface area contributed by atoms with Crippen LogP contribution in [0.3, 0.4) is 0 Å². The van der Waals surface area contributed by atoms with Crippen molar-refractivity contribution in [3.05, 3.63) is 12.7 Å². The fraction of sp³-hybridized carbons (Fsp3) is 0.750. The second-order valence-corrected chi connectivity index (χ2v) is 2.88. The lowest BCUT2D eigenvalue weighted by Gasteiger charge is -1.91. The van der Waals surface area contributed by atoms with E-state index in [1.807, 2.05) is 29.0 Å². The monoisotopic (exact) mass is 154 g/mol. The molecule has 0 fully saturated rings. The van der Waals surface area contributed by atoms with Crippen molar-refractivity contribution in [3.63, 3.8) is 0 Å². The number of aromatic nitrogens is 3. The fourth-order valence-electron chi connectivity index (χ4n) is 1.06. The molecule has 0 aliphatic rings. The van der Waals surface area contributed by atoms with E-state index in [2.05, 4.69) is 12.0 Å². The zero-order valence-corrected chi connectivity index (χ0v) is 7.32.